The highest BCUT2D eigenvalue weighted by molar-refractivity contribution is 6.03. The highest BCUT2D eigenvalue weighted by Gasteiger charge is 2.13. The Morgan fingerprint density at radius 2 is 1.40 bits per heavy atom. The first-order valence-corrected chi connectivity index (χ1v) is 7.96. The van der Waals surface area contributed by atoms with E-state index >= 15 is 0 Å². The Hall–Kier alpha value is -3.15. The minimum atomic E-state index is -0.398. The molecular weight excluding hydrogens is 318 g/mol. The summed E-state index contributed by atoms with van der Waals surface area (Å²) in [6.07, 6.45) is -0.259. The first-order valence-electron chi connectivity index (χ1n) is 7.96. The smallest absolute Gasteiger partial charge is 0.233 e. The molecule has 3 amide bonds. The summed E-state index contributed by atoms with van der Waals surface area (Å²) in [5.74, 6) is -0.908. The van der Waals surface area contributed by atoms with Gasteiger partial charge in [-0.05, 0) is 36.8 Å². The monoisotopic (exact) mass is 339 g/mol. The zero-order valence-corrected chi connectivity index (χ0v) is 14.2. The van der Waals surface area contributed by atoms with E-state index < -0.39 is 5.91 Å². The average molecular weight is 339 g/mol. The number of benzene rings is 2. The van der Waals surface area contributed by atoms with Crippen LogP contribution in [-0.2, 0) is 14.4 Å². The third-order valence-corrected chi connectivity index (χ3v) is 3.49. The summed E-state index contributed by atoms with van der Waals surface area (Å²) in [7, 11) is 0. The van der Waals surface area contributed by atoms with Crippen LogP contribution in [0.2, 0.25) is 0 Å². The fourth-order valence-electron chi connectivity index (χ4n) is 2.31. The summed E-state index contributed by atoms with van der Waals surface area (Å²) in [4.78, 5) is 34.9. The fourth-order valence-corrected chi connectivity index (χ4v) is 2.31. The van der Waals surface area contributed by atoms with Crippen molar-refractivity contribution in [3.63, 3.8) is 0 Å². The molecule has 0 aliphatic rings. The van der Waals surface area contributed by atoms with Crippen molar-refractivity contribution in [3.8, 4) is 0 Å². The molecule has 3 N–H and O–H groups in total. The van der Waals surface area contributed by atoms with E-state index in [0.717, 1.165) is 5.56 Å². The van der Waals surface area contributed by atoms with Crippen LogP contribution in [0.3, 0.4) is 0 Å². The minimum Gasteiger partial charge on any atom is -0.349 e. The quantitative estimate of drug-likeness (QED) is 0.707. The van der Waals surface area contributed by atoms with Crippen molar-refractivity contribution in [2.45, 2.75) is 26.3 Å². The zero-order chi connectivity index (χ0) is 18.2. The maximum absolute atomic E-state index is 12.0. The van der Waals surface area contributed by atoms with E-state index in [1.54, 1.807) is 24.3 Å². The lowest BCUT2D eigenvalue weighted by Gasteiger charge is -2.14. The molecule has 0 aromatic heterocycles. The second kappa shape index (κ2) is 8.63. The molecule has 0 radical (unpaired) electrons. The molecule has 0 bridgehead atoms. The van der Waals surface area contributed by atoms with E-state index in [1.807, 2.05) is 37.3 Å². The van der Waals surface area contributed by atoms with Crippen LogP contribution in [0.5, 0.6) is 0 Å². The van der Waals surface area contributed by atoms with E-state index in [-0.39, 0.29) is 24.3 Å². The molecular formula is C19H21N3O3. The molecule has 2 aromatic rings. The summed E-state index contributed by atoms with van der Waals surface area (Å²) < 4.78 is 0. The lowest BCUT2D eigenvalue weighted by Crippen LogP contribution is -2.30. The zero-order valence-electron chi connectivity index (χ0n) is 14.2. The maximum Gasteiger partial charge on any atom is 0.233 e. The van der Waals surface area contributed by atoms with E-state index in [2.05, 4.69) is 16.0 Å². The summed E-state index contributed by atoms with van der Waals surface area (Å²) in [5, 5.41) is 8.09. The average Bonchev–Trinajstić information content (AvgIpc) is 2.56. The van der Waals surface area contributed by atoms with Crippen LogP contribution < -0.4 is 16.0 Å². The van der Waals surface area contributed by atoms with Crippen LogP contribution in [-0.4, -0.2) is 17.7 Å². The SMILES string of the molecule is CC(=O)Nc1ccc(NC(=O)CC(=O)NC(C)c2ccccc2)cc1. The standard InChI is InChI=1S/C19H21N3O3/c1-13(15-6-4-3-5-7-15)20-18(24)12-19(25)22-17-10-8-16(9-11-17)21-14(2)23/h3-11,13H,12H2,1-2H3,(H,20,24)(H,21,23)(H,22,25). The lowest BCUT2D eigenvalue weighted by atomic mass is 10.1. The van der Waals surface area contributed by atoms with Gasteiger partial charge in [0, 0.05) is 18.3 Å². The number of nitrogens with one attached hydrogen (secondary N) is 3. The number of amides is 3. The lowest BCUT2D eigenvalue weighted by molar-refractivity contribution is -0.127. The highest BCUT2D eigenvalue weighted by atomic mass is 16.2. The third kappa shape index (κ3) is 6.10. The molecule has 0 aliphatic heterocycles. The van der Waals surface area contributed by atoms with E-state index in [0.29, 0.717) is 11.4 Å². The first-order chi connectivity index (χ1) is 11.9. The molecule has 6 heteroatoms. The molecule has 0 fully saturated rings. The summed E-state index contributed by atoms with van der Waals surface area (Å²) in [6.45, 7) is 3.29. The molecule has 130 valence electrons. The second-order valence-corrected chi connectivity index (χ2v) is 5.68. The van der Waals surface area contributed by atoms with Crippen LogP contribution in [0.15, 0.2) is 54.6 Å². The minimum absolute atomic E-state index is 0.166. The van der Waals surface area contributed by atoms with Crippen molar-refractivity contribution < 1.29 is 14.4 Å². The van der Waals surface area contributed by atoms with Gasteiger partial charge in [0.25, 0.3) is 0 Å². The topological polar surface area (TPSA) is 87.3 Å². The van der Waals surface area contributed by atoms with Gasteiger partial charge in [0.2, 0.25) is 17.7 Å². The van der Waals surface area contributed by atoms with Gasteiger partial charge in [-0.1, -0.05) is 30.3 Å². The van der Waals surface area contributed by atoms with Crippen molar-refractivity contribution in [2.24, 2.45) is 0 Å². The van der Waals surface area contributed by atoms with Crippen LogP contribution in [0.1, 0.15) is 31.9 Å². The largest absolute Gasteiger partial charge is 0.349 e. The summed E-state index contributed by atoms with van der Waals surface area (Å²) >= 11 is 0. The Morgan fingerprint density at radius 3 is 1.96 bits per heavy atom. The number of anilines is 2. The summed E-state index contributed by atoms with van der Waals surface area (Å²) in [6, 6.07) is 16.0. The molecule has 1 unspecified atom stereocenters. The Morgan fingerprint density at radius 1 is 0.840 bits per heavy atom. The Bertz CT molecular complexity index is 742. The number of hydrogen-bond acceptors (Lipinski definition) is 3. The molecule has 2 rings (SSSR count). The van der Waals surface area contributed by atoms with Gasteiger partial charge < -0.3 is 16.0 Å². The normalized spacial score (nSPS) is 11.3. The molecule has 2 aromatic carbocycles. The molecule has 0 heterocycles. The number of rotatable bonds is 6. The van der Waals surface area contributed by atoms with Crippen molar-refractivity contribution >= 4 is 29.1 Å². The molecule has 0 spiro atoms. The van der Waals surface area contributed by atoms with E-state index in [9.17, 15) is 14.4 Å². The van der Waals surface area contributed by atoms with Crippen LogP contribution in [0, 0.1) is 0 Å². The van der Waals surface area contributed by atoms with E-state index in [4.69, 9.17) is 0 Å². The molecule has 0 saturated heterocycles. The number of carbonyl (C=O) groups is 3. The first kappa shape index (κ1) is 18.2. The Balaban J connectivity index is 1.83. The highest BCUT2D eigenvalue weighted by Crippen LogP contribution is 2.14. The van der Waals surface area contributed by atoms with Crippen molar-refractivity contribution in [2.75, 3.05) is 10.6 Å². The second-order valence-electron chi connectivity index (χ2n) is 5.68. The molecule has 1 atom stereocenters. The van der Waals surface area contributed by atoms with Gasteiger partial charge in [0.05, 0.1) is 6.04 Å². The molecule has 25 heavy (non-hydrogen) atoms. The van der Waals surface area contributed by atoms with Gasteiger partial charge >= 0.3 is 0 Å². The van der Waals surface area contributed by atoms with Gasteiger partial charge in [-0.2, -0.15) is 0 Å². The summed E-state index contributed by atoms with van der Waals surface area (Å²) in [5.41, 5.74) is 2.17. The number of carbonyl (C=O) groups excluding carboxylic acids is 3. The molecule has 0 saturated carbocycles. The molecule has 6 nitrogen and oxygen atoms in total. The fraction of sp³-hybridized carbons (Fsp3) is 0.211. The van der Waals surface area contributed by atoms with E-state index in [1.165, 1.54) is 6.92 Å². The van der Waals surface area contributed by atoms with Gasteiger partial charge in [-0.3, -0.25) is 14.4 Å². The van der Waals surface area contributed by atoms with Gasteiger partial charge in [-0.25, -0.2) is 0 Å². The van der Waals surface area contributed by atoms with Crippen LogP contribution in [0.4, 0.5) is 11.4 Å². The van der Waals surface area contributed by atoms with Crippen molar-refractivity contribution in [3.05, 3.63) is 60.2 Å². The van der Waals surface area contributed by atoms with Gasteiger partial charge in [0.1, 0.15) is 6.42 Å². The van der Waals surface area contributed by atoms with Gasteiger partial charge in [-0.15, -0.1) is 0 Å². The van der Waals surface area contributed by atoms with Crippen molar-refractivity contribution in [1.29, 1.82) is 0 Å². The predicted octanol–water partition coefficient (Wildman–Crippen LogP) is 2.85. The van der Waals surface area contributed by atoms with Crippen molar-refractivity contribution in [1.82, 2.24) is 5.32 Å². The van der Waals surface area contributed by atoms with Crippen LogP contribution >= 0.6 is 0 Å². The predicted molar refractivity (Wildman–Crippen MR) is 97.0 cm³/mol. The third-order valence-electron chi connectivity index (χ3n) is 3.49. The Kier molecular flexibility index (Phi) is 6.28. The maximum atomic E-state index is 12.0. The number of hydrogen-bond donors (Lipinski definition) is 3. The Labute approximate surface area is 146 Å². The van der Waals surface area contributed by atoms with Crippen LogP contribution in [0.25, 0.3) is 0 Å². The molecule has 0 aliphatic carbocycles. The van der Waals surface area contributed by atoms with Gasteiger partial charge in [0.15, 0.2) is 0 Å².